The van der Waals surface area contributed by atoms with Crippen LogP contribution < -0.4 is 4.74 Å². The smallest absolute Gasteiger partial charge is 0.201 e. The summed E-state index contributed by atoms with van der Waals surface area (Å²) >= 11 is 0. The Bertz CT molecular complexity index is 1070. The third-order valence-corrected chi connectivity index (χ3v) is 5.54. The van der Waals surface area contributed by atoms with Crippen LogP contribution in [0.2, 0.25) is 0 Å². The van der Waals surface area contributed by atoms with Crippen molar-refractivity contribution in [3.05, 3.63) is 90.3 Å². The first kappa shape index (κ1) is 21.2. The summed E-state index contributed by atoms with van der Waals surface area (Å²) in [6.45, 7) is 4.95. The van der Waals surface area contributed by atoms with Gasteiger partial charge in [0.2, 0.25) is 5.82 Å². The summed E-state index contributed by atoms with van der Waals surface area (Å²) in [7, 11) is 0. The van der Waals surface area contributed by atoms with Gasteiger partial charge in [-0.15, -0.1) is 0 Å². The molecule has 0 radical (unpaired) electrons. The molecule has 1 heterocycles. The van der Waals surface area contributed by atoms with Crippen molar-refractivity contribution >= 4 is 0 Å². The molecule has 5 heteroatoms. The third kappa shape index (κ3) is 4.52. The van der Waals surface area contributed by atoms with E-state index in [1.54, 1.807) is 36.4 Å². The van der Waals surface area contributed by atoms with E-state index in [0.29, 0.717) is 23.3 Å². The summed E-state index contributed by atoms with van der Waals surface area (Å²) in [6.07, 6.45) is 3.43. The molecule has 0 aliphatic carbocycles. The summed E-state index contributed by atoms with van der Waals surface area (Å²) < 4.78 is 54.2. The van der Waals surface area contributed by atoms with Gasteiger partial charge in [0.05, 0.1) is 6.61 Å². The molecule has 31 heavy (non-hydrogen) atoms. The quantitative estimate of drug-likeness (QED) is 0.401. The normalized spacial score (nSPS) is 16.2. The van der Waals surface area contributed by atoms with Gasteiger partial charge >= 0.3 is 0 Å². The van der Waals surface area contributed by atoms with E-state index < -0.39 is 11.6 Å². The second kappa shape index (κ2) is 9.40. The van der Waals surface area contributed by atoms with Crippen LogP contribution in [-0.4, -0.2) is 19.8 Å². The molecule has 0 amide bonds. The van der Waals surface area contributed by atoms with Crippen LogP contribution in [0.25, 0.3) is 22.3 Å². The van der Waals surface area contributed by atoms with E-state index in [1.807, 2.05) is 6.07 Å². The molecule has 3 aromatic carbocycles. The summed E-state index contributed by atoms with van der Waals surface area (Å²) in [6, 6.07) is 14.8. The van der Waals surface area contributed by atoms with E-state index in [0.717, 1.165) is 25.0 Å². The summed E-state index contributed by atoms with van der Waals surface area (Å²) in [4.78, 5) is 0. The van der Waals surface area contributed by atoms with Gasteiger partial charge < -0.3 is 9.47 Å². The van der Waals surface area contributed by atoms with E-state index >= 15 is 0 Å². The largest absolute Gasteiger partial charge is 0.486 e. The summed E-state index contributed by atoms with van der Waals surface area (Å²) in [5.41, 5.74) is 2.68. The lowest BCUT2D eigenvalue weighted by atomic mass is 9.91. The van der Waals surface area contributed by atoms with E-state index in [9.17, 15) is 13.2 Å². The molecule has 0 spiro atoms. The number of halogens is 3. The Morgan fingerprint density at radius 3 is 2.29 bits per heavy atom. The third-order valence-electron chi connectivity index (χ3n) is 5.54. The first-order valence-electron chi connectivity index (χ1n) is 10.3. The number of ether oxygens (including phenoxy) is 2. The zero-order valence-electron chi connectivity index (χ0n) is 17.0. The minimum absolute atomic E-state index is 0.0858. The van der Waals surface area contributed by atoms with Crippen LogP contribution in [0.3, 0.4) is 0 Å². The van der Waals surface area contributed by atoms with E-state index in [-0.39, 0.29) is 29.7 Å². The fourth-order valence-electron chi connectivity index (χ4n) is 3.87. The fourth-order valence-corrected chi connectivity index (χ4v) is 3.87. The lowest BCUT2D eigenvalue weighted by molar-refractivity contribution is 0.0804. The van der Waals surface area contributed by atoms with Crippen molar-refractivity contribution in [2.45, 2.75) is 18.8 Å². The van der Waals surface area contributed by atoms with E-state index in [2.05, 4.69) is 6.58 Å². The lowest BCUT2D eigenvalue weighted by Gasteiger charge is -2.22. The first-order valence-corrected chi connectivity index (χ1v) is 10.3. The Morgan fingerprint density at radius 1 is 0.935 bits per heavy atom. The highest BCUT2D eigenvalue weighted by molar-refractivity contribution is 5.71. The van der Waals surface area contributed by atoms with Gasteiger partial charge in [-0.05, 0) is 47.7 Å². The number of hydrogen-bond donors (Lipinski definition) is 0. The molecule has 2 nitrogen and oxygen atoms in total. The van der Waals surface area contributed by atoms with Gasteiger partial charge in [-0.2, -0.15) is 4.39 Å². The summed E-state index contributed by atoms with van der Waals surface area (Å²) in [5, 5.41) is 0. The van der Waals surface area contributed by atoms with Crippen molar-refractivity contribution in [3.8, 4) is 28.0 Å². The molecule has 1 aliphatic heterocycles. The fraction of sp³-hybridized carbons (Fsp3) is 0.231. The topological polar surface area (TPSA) is 18.5 Å². The maximum atomic E-state index is 14.8. The summed E-state index contributed by atoms with van der Waals surface area (Å²) in [5.74, 6) is -2.28. The molecule has 1 fully saturated rings. The second-order valence-electron chi connectivity index (χ2n) is 7.57. The molecule has 0 aromatic heterocycles. The Morgan fingerprint density at radius 2 is 1.65 bits per heavy atom. The predicted octanol–water partition coefficient (Wildman–Crippen LogP) is 6.90. The van der Waals surface area contributed by atoms with Crippen LogP contribution in [-0.2, 0) is 4.74 Å². The average Bonchev–Trinajstić information content (AvgIpc) is 2.81. The number of hydrogen-bond acceptors (Lipinski definition) is 2. The molecule has 0 N–H and O–H groups in total. The highest BCUT2D eigenvalue weighted by Crippen LogP contribution is 2.33. The van der Waals surface area contributed by atoms with Crippen LogP contribution in [0, 0.1) is 17.5 Å². The van der Waals surface area contributed by atoms with Gasteiger partial charge in [-0.3, -0.25) is 0 Å². The molecule has 0 saturated carbocycles. The standard InChI is InChI=1S/C26H23F3O2/c1-2-13-31-24-12-11-22(25(28)26(24)29)18-7-5-17(6-8-18)21-10-9-19(15-23(21)27)20-4-3-14-30-16-20/h2,5-12,15,20H,1,3-4,13-14,16H2. The molecule has 1 aliphatic rings. The molecular weight excluding hydrogens is 401 g/mol. The lowest BCUT2D eigenvalue weighted by Crippen LogP contribution is -2.15. The van der Waals surface area contributed by atoms with Gasteiger partial charge in [-0.25, -0.2) is 8.78 Å². The van der Waals surface area contributed by atoms with E-state index in [1.165, 1.54) is 18.2 Å². The minimum Gasteiger partial charge on any atom is -0.486 e. The van der Waals surface area contributed by atoms with Gasteiger partial charge in [0.1, 0.15) is 12.4 Å². The predicted molar refractivity (Wildman–Crippen MR) is 116 cm³/mol. The zero-order valence-corrected chi connectivity index (χ0v) is 17.0. The van der Waals surface area contributed by atoms with Crippen LogP contribution >= 0.6 is 0 Å². The maximum absolute atomic E-state index is 14.8. The Hall–Kier alpha value is -3.05. The van der Waals surface area contributed by atoms with Crippen LogP contribution in [0.15, 0.2) is 67.3 Å². The second-order valence-corrected chi connectivity index (χ2v) is 7.57. The van der Waals surface area contributed by atoms with Crippen molar-refractivity contribution in [2.75, 3.05) is 19.8 Å². The maximum Gasteiger partial charge on any atom is 0.201 e. The highest BCUT2D eigenvalue weighted by atomic mass is 19.2. The molecule has 1 saturated heterocycles. The van der Waals surface area contributed by atoms with Crippen LogP contribution in [0.4, 0.5) is 13.2 Å². The molecule has 160 valence electrons. The van der Waals surface area contributed by atoms with Gasteiger partial charge in [-0.1, -0.05) is 49.1 Å². The molecule has 4 rings (SSSR count). The monoisotopic (exact) mass is 424 g/mol. The molecule has 3 aromatic rings. The van der Waals surface area contributed by atoms with Gasteiger partial charge in [0.25, 0.3) is 0 Å². The average molecular weight is 424 g/mol. The van der Waals surface area contributed by atoms with E-state index in [4.69, 9.17) is 9.47 Å². The molecular formula is C26H23F3O2. The Kier molecular flexibility index (Phi) is 6.42. The molecule has 1 atom stereocenters. The highest BCUT2D eigenvalue weighted by Gasteiger charge is 2.19. The Labute approximate surface area is 179 Å². The molecule has 1 unspecified atom stereocenters. The first-order chi connectivity index (χ1) is 15.1. The van der Waals surface area contributed by atoms with Crippen molar-refractivity contribution in [1.82, 2.24) is 0 Å². The van der Waals surface area contributed by atoms with Crippen LogP contribution in [0.1, 0.15) is 24.3 Å². The Balaban J connectivity index is 1.57. The van der Waals surface area contributed by atoms with Crippen molar-refractivity contribution < 1.29 is 22.6 Å². The van der Waals surface area contributed by atoms with Gasteiger partial charge in [0, 0.05) is 23.7 Å². The minimum atomic E-state index is -1.04. The van der Waals surface area contributed by atoms with Crippen molar-refractivity contribution in [1.29, 1.82) is 0 Å². The SMILES string of the molecule is C=CCOc1ccc(-c2ccc(-c3ccc(C4CCCOC4)cc3F)cc2)c(F)c1F. The van der Waals surface area contributed by atoms with Crippen molar-refractivity contribution in [2.24, 2.45) is 0 Å². The molecule has 0 bridgehead atoms. The zero-order chi connectivity index (χ0) is 21.8. The van der Waals surface area contributed by atoms with Gasteiger partial charge in [0.15, 0.2) is 11.6 Å². The number of rotatable bonds is 6. The number of benzene rings is 3. The van der Waals surface area contributed by atoms with Crippen LogP contribution in [0.5, 0.6) is 5.75 Å². The van der Waals surface area contributed by atoms with Crippen molar-refractivity contribution in [3.63, 3.8) is 0 Å².